The summed E-state index contributed by atoms with van der Waals surface area (Å²) >= 11 is 0. The maximum Gasteiger partial charge on any atom is 0.323 e. The van der Waals surface area contributed by atoms with Crippen LogP contribution in [0.4, 0.5) is 5.69 Å². The van der Waals surface area contributed by atoms with Crippen LogP contribution in [-0.4, -0.2) is 23.8 Å². The van der Waals surface area contributed by atoms with Crippen LogP contribution in [0.15, 0.2) is 24.3 Å². The van der Waals surface area contributed by atoms with Crippen LogP contribution >= 0.6 is 0 Å². The topological polar surface area (TPSA) is 86.5 Å². The van der Waals surface area contributed by atoms with Crippen molar-refractivity contribution in [3.05, 3.63) is 39.9 Å². The maximum absolute atomic E-state index is 11.7. The fraction of sp³-hybridized carbons (Fsp3) is 0.333. The molecule has 0 amide bonds. The molecule has 0 aromatic heterocycles. The van der Waals surface area contributed by atoms with E-state index in [-0.39, 0.29) is 11.5 Å². The summed E-state index contributed by atoms with van der Waals surface area (Å²) in [7, 11) is 1.19. The highest BCUT2D eigenvalue weighted by molar-refractivity contribution is 6.08. The van der Waals surface area contributed by atoms with Crippen LogP contribution in [-0.2, 0) is 19.7 Å². The Hall–Kier alpha value is -2.24. The van der Waals surface area contributed by atoms with E-state index in [1.807, 2.05) is 0 Å². The number of methoxy groups -OCH3 is 1. The summed E-state index contributed by atoms with van der Waals surface area (Å²) in [5, 5.41) is 10.5. The molecule has 0 aliphatic carbocycles. The van der Waals surface area contributed by atoms with E-state index in [0.717, 1.165) is 0 Å². The molecule has 6 nitrogen and oxygen atoms in total. The van der Waals surface area contributed by atoms with Crippen LogP contribution in [0.3, 0.4) is 0 Å². The number of Topliss-reactive ketones (excluding diaryl/α,β-unsaturated/α-hetero) is 1. The van der Waals surface area contributed by atoms with Gasteiger partial charge in [0.1, 0.15) is 5.41 Å². The summed E-state index contributed by atoms with van der Waals surface area (Å²) in [4.78, 5) is 33.4. The van der Waals surface area contributed by atoms with Gasteiger partial charge in [0.05, 0.1) is 12.0 Å². The largest absolute Gasteiger partial charge is 0.468 e. The smallest absolute Gasteiger partial charge is 0.323 e. The minimum atomic E-state index is -1.44. The highest BCUT2D eigenvalue weighted by atomic mass is 16.6. The van der Waals surface area contributed by atoms with Gasteiger partial charge in [-0.05, 0) is 19.4 Å². The molecular weight excluding hydrogens is 238 g/mol. The van der Waals surface area contributed by atoms with Crippen molar-refractivity contribution in [2.24, 2.45) is 0 Å². The molecule has 0 saturated carbocycles. The van der Waals surface area contributed by atoms with E-state index in [1.165, 1.54) is 45.2 Å². The number of nitrogens with zero attached hydrogens (tertiary/aromatic N) is 1. The molecule has 0 spiro atoms. The lowest BCUT2D eigenvalue weighted by Gasteiger charge is -2.23. The van der Waals surface area contributed by atoms with Crippen LogP contribution in [0.2, 0.25) is 0 Å². The molecule has 0 aliphatic heterocycles. The number of carbonyl (C=O) groups excluding carboxylic acids is 2. The number of ether oxygens (including phenoxy) is 1. The Morgan fingerprint density at radius 2 is 1.78 bits per heavy atom. The highest BCUT2D eigenvalue weighted by Gasteiger charge is 2.41. The summed E-state index contributed by atoms with van der Waals surface area (Å²) < 4.78 is 4.62. The summed E-state index contributed by atoms with van der Waals surface area (Å²) in [6.07, 6.45) is 0. The second-order valence-corrected chi connectivity index (χ2v) is 3.98. The summed E-state index contributed by atoms with van der Waals surface area (Å²) in [5.41, 5.74) is -1.17. The molecule has 1 aromatic carbocycles. The monoisotopic (exact) mass is 251 g/mol. The minimum Gasteiger partial charge on any atom is -0.468 e. The van der Waals surface area contributed by atoms with Crippen molar-refractivity contribution in [2.45, 2.75) is 19.3 Å². The van der Waals surface area contributed by atoms with Gasteiger partial charge in [-0.2, -0.15) is 0 Å². The number of nitro benzene ring substituents is 1. The number of hydrogen-bond acceptors (Lipinski definition) is 5. The molecule has 0 aliphatic rings. The molecule has 1 rings (SSSR count). The highest BCUT2D eigenvalue weighted by Crippen LogP contribution is 2.28. The fourth-order valence-electron chi connectivity index (χ4n) is 1.59. The lowest BCUT2D eigenvalue weighted by Crippen LogP contribution is -2.40. The van der Waals surface area contributed by atoms with Gasteiger partial charge in [-0.15, -0.1) is 0 Å². The number of carbonyl (C=O) groups is 2. The molecule has 0 bridgehead atoms. The molecule has 0 radical (unpaired) electrons. The van der Waals surface area contributed by atoms with Crippen molar-refractivity contribution < 1.29 is 19.2 Å². The first-order valence-corrected chi connectivity index (χ1v) is 5.18. The Morgan fingerprint density at radius 3 is 2.11 bits per heavy atom. The zero-order valence-corrected chi connectivity index (χ0v) is 10.3. The molecule has 0 saturated heterocycles. The van der Waals surface area contributed by atoms with Gasteiger partial charge < -0.3 is 4.74 Å². The molecule has 1 unspecified atom stereocenters. The third kappa shape index (κ3) is 2.22. The fourth-order valence-corrected chi connectivity index (χ4v) is 1.59. The number of benzene rings is 1. The van der Waals surface area contributed by atoms with Gasteiger partial charge in [0.2, 0.25) is 0 Å². The summed E-state index contributed by atoms with van der Waals surface area (Å²) in [5.74, 6) is -1.08. The molecule has 0 heterocycles. The van der Waals surface area contributed by atoms with E-state index < -0.39 is 16.3 Å². The van der Waals surface area contributed by atoms with Crippen LogP contribution < -0.4 is 0 Å². The SMILES string of the molecule is COC(=O)C(C)(C(C)=O)c1ccc([N+](=O)[O-])cc1. The Labute approximate surface area is 104 Å². The van der Waals surface area contributed by atoms with Gasteiger partial charge >= 0.3 is 5.97 Å². The quantitative estimate of drug-likeness (QED) is 0.351. The van der Waals surface area contributed by atoms with Gasteiger partial charge in [-0.1, -0.05) is 12.1 Å². The minimum absolute atomic E-state index is 0.102. The maximum atomic E-state index is 11.7. The van der Waals surface area contributed by atoms with E-state index in [4.69, 9.17) is 0 Å². The van der Waals surface area contributed by atoms with E-state index in [9.17, 15) is 19.7 Å². The third-order valence-electron chi connectivity index (χ3n) is 2.95. The predicted molar refractivity (Wildman–Crippen MR) is 63.1 cm³/mol. The number of nitro groups is 1. The van der Waals surface area contributed by atoms with Gasteiger partial charge in [0, 0.05) is 12.1 Å². The molecule has 1 atom stereocenters. The normalized spacial score (nSPS) is 13.5. The van der Waals surface area contributed by atoms with E-state index >= 15 is 0 Å². The van der Waals surface area contributed by atoms with Gasteiger partial charge in [0.25, 0.3) is 5.69 Å². The van der Waals surface area contributed by atoms with Crippen LogP contribution in [0.1, 0.15) is 19.4 Å². The average Bonchev–Trinajstić information content (AvgIpc) is 2.36. The van der Waals surface area contributed by atoms with Crippen molar-refractivity contribution in [3.63, 3.8) is 0 Å². The molecular formula is C12H13NO5. The third-order valence-corrected chi connectivity index (χ3v) is 2.95. The molecule has 1 aromatic rings. The van der Waals surface area contributed by atoms with Gasteiger partial charge in [-0.3, -0.25) is 19.7 Å². The Morgan fingerprint density at radius 1 is 1.28 bits per heavy atom. The number of hydrogen-bond donors (Lipinski definition) is 0. The van der Waals surface area contributed by atoms with Gasteiger partial charge in [0.15, 0.2) is 5.78 Å². The lowest BCUT2D eigenvalue weighted by atomic mass is 9.79. The van der Waals surface area contributed by atoms with Crippen molar-refractivity contribution >= 4 is 17.4 Å². The Balaban J connectivity index is 3.27. The first-order chi connectivity index (χ1) is 8.33. The van der Waals surface area contributed by atoms with Crippen molar-refractivity contribution in [3.8, 4) is 0 Å². The molecule has 0 fully saturated rings. The molecule has 96 valence electrons. The predicted octanol–water partition coefficient (Wildman–Crippen LogP) is 1.61. The Bertz CT molecular complexity index is 494. The molecule has 18 heavy (non-hydrogen) atoms. The average molecular weight is 251 g/mol. The molecule has 6 heteroatoms. The van der Waals surface area contributed by atoms with Crippen molar-refractivity contribution in [1.29, 1.82) is 0 Å². The lowest BCUT2D eigenvalue weighted by molar-refractivity contribution is -0.384. The van der Waals surface area contributed by atoms with E-state index in [1.54, 1.807) is 0 Å². The second kappa shape index (κ2) is 4.95. The van der Waals surface area contributed by atoms with Gasteiger partial charge in [-0.25, -0.2) is 0 Å². The molecule has 0 N–H and O–H groups in total. The number of rotatable bonds is 4. The number of ketones is 1. The van der Waals surface area contributed by atoms with Crippen LogP contribution in [0.25, 0.3) is 0 Å². The first-order valence-electron chi connectivity index (χ1n) is 5.18. The number of esters is 1. The summed E-state index contributed by atoms with van der Waals surface area (Å²) in [6.45, 7) is 2.71. The second-order valence-electron chi connectivity index (χ2n) is 3.98. The standard InChI is InChI=1S/C12H13NO5/c1-8(14)12(2,11(15)18-3)9-4-6-10(7-5-9)13(16)17/h4-7H,1-3H3. The zero-order valence-electron chi connectivity index (χ0n) is 10.3. The van der Waals surface area contributed by atoms with Crippen LogP contribution in [0.5, 0.6) is 0 Å². The van der Waals surface area contributed by atoms with Crippen molar-refractivity contribution in [2.75, 3.05) is 7.11 Å². The van der Waals surface area contributed by atoms with Crippen LogP contribution in [0, 0.1) is 10.1 Å². The number of non-ortho nitro benzene ring substituents is 1. The zero-order chi connectivity index (χ0) is 13.9. The van der Waals surface area contributed by atoms with Crippen molar-refractivity contribution in [1.82, 2.24) is 0 Å². The van der Waals surface area contributed by atoms with E-state index in [2.05, 4.69) is 4.74 Å². The first kappa shape index (κ1) is 13.8. The summed E-state index contributed by atoms with van der Waals surface area (Å²) in [6, 6.07) is 5.27. The van der Waals surface area contributed by atoms with E-state index in [0.29, 0.717) is 5.56 Å². The Kier molecular flexibility index (Phi) is 3.80.